The van der Waals surface area contributed by atoms with Crippen LogP contribution < -0.4 is 9.64 Å². The molecule has 0 N–H and O–H groups in total. The fourth-order valence-electron chi connectivity index (χ4n) is 3.56. The van der Waals surface area contributed by atoms with Crippen LogP contribution in [0.5, 0.6) is 5.75 Å². The van der Waals surface area contributed by atoms with Crippen LogP contribution in [-0.2, 0) is 6.54 Å². The average Bonchev–Trinajstić information content (AvgIpc) is 2.80. The van der Waals surface area contributed by atoms with E-state index >= 15 is 0 Å². The van der Waals surface area contributed by atoms with Gasteiger partial charge in [0.05, 0.1) is 13.8 Å². The zero-order chi connectivity index (χ0) is 20.1. The first-order chi connectivity index (χ1) is 14.2. The summed E-state index contributed by atoms with van der Waals surface area (Å²) >= 11 is 0. The van der Waals surface area contributed by atoms with Crippen LogP contribution in [0.3, 0.4) is 0 Å². The van der Waals surface area contributed by atoms with Crippen LogP contribution in [0.15, 0.2) is 96.7 Å². The molecular formula is C25H24N2O2. The lowest BCUT2D eigenvalue weighted by Crippen LogP contribution is -2.41. The molecule has 0 aliphatic carbocycles. The molecule has 4 rings (SSSR count). The zero-order valence-electron chi connectivity index (χ0n) is 16.5. The Balaban J connectivity index is 1.62. The molecule has 0 bridgehead atoms. The van der Waals surface area contributed by atoms with E-state index in [4.69, 9.17) is 4.74 Å². The second kappa shape index (κ2) is 8.76. The Hall–Kier alpha value is -3.37. The summed E-state index contributed by atoms with van der Waals surface area (Å²) < 4.78 is 5.21. The SMILES string of the molecule is COc1ccc(C(=O)C2=CN(c3ccccc3)CN(Cc3ccccc3)C2)cc1. The third kappa shape index (κ3) is 4.55. The molecule has 0 unspecified atom stereocenters. The normalized spacial score (nSPS) is 14.4. The van der Waals surface area contributed by atoms with Gasteiger partial charge in [-0.15, -0.1) is 0 Å². The highest BCUT2D eigenvalue weighted by Gasteiger charge is 2.24. The summed E-state index contributed by atoms with van der Waals surface area (Å²) in [5.74, 6) is 0.794. The van der Waals surface area contributed by atoms with Gasteiger partial charge in [0.1, 0.15) is 5.75 Å². The lowest BCUT2D eigenvalue weighted by Gasteiger charge is -2.35. The van der Waals surface area contributed by atoms with Gasteiger partial charge in [-0.3, -0.25) is 9.69 Å². The Labute approximate surface area is 171 Å². The quantitative estimate of drug-likeness (QED) is 0.575. The van der Waals surface area contributed by atoms with Crippen LogP contribution in [0.2, 0.25) is 0 Å². The number of Topliss-reactive ketones (excluding diaryl/α,β-unsaturated/α-hetero) is 1. The molecule has 0 radical (unpaired) electrons. The minimum absolute atomic E-state index is 0.0475. The number of hydrogen-bond donors (Lipinski definition) is 0. The molecular weight excluding hydrogens is 360 g/mol. The van der Waals surface area contributed by atoms with E-state index < -0.39 is 0 Å². The number of carbonyl (C=O) groups is 1. The van der Waals surface area contributed by atoms with Gasteiger partial charge in [-0.25, -0.2) is 0 Å². The fourth-order valence-corrected chi connectivity index (χ4v) is 3.56. The van der Waals surface area contributed by atoms with Crippen molar-refractivity contribution in [2.75, 3.05) is 25.2 Å². The monoisotopic (exact) mass is 384 g/mol. The summed E-state index contributed by atoms with van der Waals surface area (Å²) in [5.41, 5.74) is 3.76. The molecule has 0 saturated heterocycles. The molecule has 1 aliphatic heterocycles. The molecule has 0 fully saturated rings. The van der Waals surface area contributed by atoms with E-state index in [0.717, 1.165) is 30.2 Å². The maximum absolute atomic E-state index is 13.2. The Bertz CT molecular complexity index is 982. The van der Waals surface area contributed by atoms with Gasteiger partial charge in [-0.05, 0) is 42.0 Å². The van der Waals surface area contributed by atoms with E-state index in [0.29, 0.717) is 12.1 Å². The number of benzene rings is 3. The standard InChI is InChI=1S/C25H24N2O2/c1-29-24-14-12-21(13-15-24)25(28)22-17-26(16-20-8-4-2-5-9-20)19-27(18-22)23-10-6-3-7-11-23/h2-15,18H,16-17,19H2,1H3. The maximum atomic E-state index is 13.2. The van der Waals surface area contributed by atoms with Gasteiger partial charge < -0.3 is 9.64 Å². The molecule has 4 heteroatoms. The predicted molar refractivity (Wildman–Crippen MR) is 116 cm³/mol. The summed E-state index contributed by atoms with van der Waals surface area (Å²) in [6.07, 6.45) is 1.99. The van der Waals surface area contributed by atoms with Crippen molar-refractivity contribution in [1.82, 2.24) is 4.90 Å². The van der Waals surface area contributed by atoms with Crippen molar-refractivity contribution in [3.63, 3.8) is 0 Å². The number of nitrogens with zero attached hydrogens (tertiary/aromatic N) is 2. The minimum Gasteiger partial charge on any atom is -0.497 e. The number of anilines is 1. The number of carbonyl (C=O) groups excluding carboxylic acids is 1. The predicted octanol–water partition coefficient (Wildman–Crippen LogP) is 4.74. The number of methoxy groups -OCH3 is 1. The van der Waals surface area contributed by atoms with E-state index in [-0.39, 0.29) is 5.78 Å². The first-order valence-corrected chi connectivity index (χ1v) is 9.70. The molecule has 3 aromatic carbocycles. The van der Waals surface area contributed by atoms with Crippen LogP contribution >= 0.6 is 0 Å². The summed E-state index contributed by atoms with van der Waals surface area (Å²) in [6.45, 7) is 2.14. The third-order valence-corrected chi connectivity index (χ3v) is 5.04. The van der Waals surface area contributed by atoms with E-state index in [1.807, 2.05) is 66.9 Å². The van der Waals surface area contributed by atoms with Crippen molar-refractivity contribution in [3.05, 3.63) is 108 Å². The van der Waals surface area contributed by atoms with Crippen LogP contribution in [0, 0.1) is 0 Å². The van der Waals surface area contributed by atoms with Gasteiger partial charge in [-0.2, -0.15) is 0 Å². The Morgan fingerprint density at radius 3 is 2.21 bits per heavy atom. The number of para-hydroxylation sites is 1. The van der Waals surface area contributed by atoms with Gasteiger partial charge >= 0.3 is 0 Å². The second-order valence-electron chi connectivity index (χ2n) is 7.13. The summed E-state index contributed by atoms with van der Waals surface area (Å²) in [6, 6.07) is 27.8. The molecule has 146 valence electrons. The lowest BCUT2D eigenvalue weighted by molar-refractivity contribution is 0.101. The summed E-state index contributed by atoms with van der Waals surface area (Å²) in [5, 5.41) is 0. The molecule has 0 atom stereocenters. The van der Waals surface area contributed by atoms with E-state index in [1.165, 1.54) is 5.56 Å². The van der Waals surface area contributed by atoms with Gasteiger partial charge in [0, 0.05) is 36.1 Å². The fraction of sp³-hybridized carbons (Fsp3) is 0.160. The van der Waals surface area contributed by atoms with Crippen LogP contribution in [0.25, 0.3) is 0 Å². The Kier molecular flexibility index (Phi) is 5.73. The average molecular weight is 384 g/mol. The summed E-state index contributed by atoms with van der Waals surface area (Å²) in [7, 11) is 1.62. The zero-order valence-corrected chi connectivity index (χ0v) is 16.5. The van der Waals surface area contributed by atoms with E-state index in [9.17, 15) is 4.79 Å². The van der Waals surface area contributed by atoms with Crippen molar-refractivity contribution in [3.8, 4) is 5.75 Å². The molecule has 0 aromatic heterocycles. The van der Waals surface area contributed by atoms with Crippen LogP contribution in [-0.4, -0.2) is 31.0 Å². The number of ketones is 1. The molecule has 0 amide bonds. The van der Waals surface area contributed by atoms with Crippen molar-refractivity contribution < 1.29 is 9.53 Å². The smallest absolute Gasteiger partial charge is 0.191 e. The first kappa shape index (κ1) is 19.0. The number of rotatable bonds is 6. The highest BCUT2D eigenvalue weighted by molar-refractivity contribution is 6.09. The molecule has 4 nitrogen and oxygen atoms in total. The van der Waals surface area contributed by atoms with Crippen LogP contribution in [0.1, 0.15) is 15.9 Å². The van der Waals surface area contributed by atoms with Crippen molar-refractivity contribution >= 4 is 11.5 Å². The Morgan fingerprint density at radius 2 is 1.55 bits per heavy atom. The highest BCUT2D eigenvalue weighted by atomic mass is 16.5. The maximum Gasteiger partial charge on any atom is 0.191 e. The number of ether oxygens (including phenoxy) is 1. The highest BCUT2D eigenvalue weighted by Crippen LogP contribution is 2.24. The van der Waals surface area contributed by atoms with Crippen molar-refractivity contribution in [2.45, 2.75) is 6.54 Å². The Morgan fingerprint density at radius 1 is 0.897 bits per heavy atom. The van der Waals surface area contributed by atoms with Crippen molar-refractivity contribution in [2.24, 2.45) is 0 Å². The third-order valence-electron chi connectivity index (χ3n) is 5.04. The minimum atomic E-state index is 0.0475. The largest absolute Gasteiger partial charge is 0.497 e. The van der Waals surface area contributed by atoms with Crippen molar-refractivity contribution in [1.29, 1.82) is 0 Å². The molecule has 0 saturated carbocycles. The van der Waals surface area contributed by atoms with E-state index in [2.05, 4.69) is 34.1 Å². The van der Waals surface area contributed by atoms with Gasteiger partial charge in [0.25, 0.3) is 0 Å². The number of hydrogen-bond acceptors (Lipinski definition) is 4. The lowest BCUT2D eigenvalue weighted by atomic mass is 10.0. The van der Waals surface area contributed by atoms with Gasteiger partial charge in [0.15, 0.2) is 5.78 Å². The molecule has 29 heavy (non-hydrogen) atoms. The molecule has 0 spiro atoms. The van der Waals surface area contributed by atoms with E-state index in [1.54, 1.807) is 7.11 Å². The first-order valence-electron chi connectivity index (χ1n) is 9.70. The topological polar surface area (TPSA) is 32.8 Å². The molecule has 3 aromatic rings. The van der Waals surface area contributed by atoms with Crippen LogP contribution in [0.4, 0.5) is 5.69 Å². The molecule has 1 aliphatic rings. The second-order valence-corrected chi connectivity index (χ2v) is 7.13. The molecule has 1 heterocycles. The van der Waals surface area contributed by atoms with Gasteiger partial charge in [0.2, 0.25) is 0 Å². The van der Waals surface area contributed by atoms with Gasteiger partial charge in [-0.1, -0.05) is 48.5 Å². The summed E-state index contributed by atoms with van der Waals surface area (Å²) in [4.78, 5) is 17.6.